The number of carbonyl (C=O) groups is 1. The minimum atomic E-state index is 0.114. The molecule has 0 bridgehead atoms. The highest BCUT2D eigenvalue weighted by Gasteiger charge is 2.19. The smallest absolute Gasteiger partial charge is 0.246 e. The van der Waals surface area contributed by atoms with Crippen LogP contribution in [0.3, 0.4) is 0 Å². The molecular weight excluding hydrogens is 250 g/mol. The van der Waals surface area contributed by atoms with Crippen LogP contribution in [0.15, 0.2) is 36.5 Å². The molecule has 0 saturated carbocycles. The number of likely N-dealkylation sites (N-methyl/N-ethyl adjacent to an activating group) is 1. The summed E-state index contributed by atoms with van der Waals surface area (Å²) >= 11 is 0. The van der Waals surface area contributed by atoms with Crippen molar-refractivity contribution in [3.63, 3.8) is 0 Å². The number of quaternary nitrogens is 1. The van der Waals surface area contributed by atoms with Crippen molar-refractivity contribution in [3.8, 4) is 0 Å². The third kappa shape index (κ3) is 2.60. The second kappa shape index (κ2) is 5.51. The molecule has 1 aromatic heterocycles. The second-order valence-electron chi connectivity index (χ2n) is 5.41. The summed E-state index contributed by atoms with van der Waals surface area (Å²) in [6.45, 7) is 3.77. The number of amides is 1. The van der Waals surface area contributed by atoms with Crippen LogP contribution in [-0.2, 0) is 4.79 Å². The minimum absolute atomic E-state index is 0.114. The number of rotatable bonds is 2. The molecule has 4 heteroatoms. The van der Waals surface area contributed by atoms with Gasteiger partial charge in [-0.1, -0.05) is 18.2 Å². The van der Waals surface area contributed by atoms with E-state index in [1.165, 1.54) is 4.90 Å². The van der Waals surface area contributed by atoms with Crippen LogP contribution in [0.25, 0.3) is 17.0 Å². The molecule has 0 unspecified atom stereocenters. The first-order valence-corrected chi connectivity index (χ1v) is 7.08. The molecule has 1 aromatic carbocycles. The van der Waals surface area contributed by atoms with Gasteiger partial charge in [-0.25, -0.2) is 0 Å². The molecule has 2 N–H and O–H groups in total. The van der Waals surface area contributed by atoms with Gasteiger partial charge in [0.15, 0.2) is 0 Å². The number of carbonyl (C=O) groups excluding carboxylic acids is 1. The molecule has 2 aromatic rings. The number of hydrogen-bond donors (Lipinski definition) is 2. The Morgan fingerprint density at radius 1 is 1.30 bits per heavy atom. The predicted octanol–water partition coefficient (Wildman–Crippen LogP) is 0.538. The Morgan fingerprint density at radius 3 is 2.85 bits per heavy atom. The van der Waals surface area contributed by atoms with Gasteiger partial charge < -0.3 is 14.8 Å². The lowest BCUT2D eigenvalue weighted by Crippen LogP contribution is -3.12. The maximum absolute atomic E-state index is 12.2. The molecule has 1 fully saturated rings. The molecule has 0 atom stereocenters. The highest BCUT2D eigenvalue weighted by atomic mass is 16.2. The molecular formula is C16H20N3O+. The van der Waals surface area contributed by atoms with Crippen LogP contribution in [0.2, 0.25) is 0 Å². The van der Waals surface area contributed by atoms with E-state index < -0.39 is 0 Å². The van der Waals surface area contributed by atoms with Gasteiger partial charge in [-0.2, -0.15) is 0 Å². The Kier molecular flexibility index (Phi) is 3.56. The third-order valence-corrected chi connectivity index (χ3v) is 3.96. The summed E-state index contributed by atoms with van der Waals surface area (Å²) in [6, 6.07) is 8.12. The van der Waals surface area contributed by atoms with E-state index in [0.29, 0.717) is 0 Å². The Labute approximate surface area is 118 Å². The zero-order valence-electron chi connectivity index (χ0n) is 11.7. The summed E-state index contributed by atoms with van der Waals surface area (Å²) in [7, 11) is 2.17. The fourth-order valence-corrected chi connectivity index (χ4v) is 2.61. The number of nitrogens with zero attached hydrogens (tertiary/aromatic N) is 1. The highest BCUT2D eigenvalue weighted by molar-refractivity contribution is 5.96. The standard InChI is InChI=1S/C16H19N3O/c1-18-8-10-19(11-9-18)16(20)7-6-13-12-17-15-5-3-2-4-14(13)15/h2-7,12,17H,8-11H2,1H3/p+1/b7-6+. The normalized spacial score (nSPS) is 17.1. The van der Waals surface area contributed by atoms with Gasteiger partial charge in [0.2, 0.25) is 5.91 Å². The van der Waals surface area contributed by atoms with Crippen molar-refractivity contribution >= 4 is 22.9 Å². The molecule has 2 heterocycles. The molecule has 1 aliphatic heterocycles. The summed E-state index contributed by atoms with van der Waals surface area (Å²) < 4.78 is 0. The Hall–Kier alpha value is -2.07. The lowest BCUT2D eigenvalue weighted by Gasteiger charge is -2.29. The van der Waals surface area contributed by atoms with Crippen LogP contribution in [0.4, 0.5) is 0 Å². The summed E-state index contributed by atoms with van der Waals surface area (Å²) in [5.74, 6) is 0.114. The number of hydrogen-bond acceptors (Lipinski definition) is 1. The van der Waals surface area contributed by atoms with Gasteiger partial charge in [0, 0.05) is 23.2 Å². The average Bonchev–Trinajstić information content (AvgIpc) is 2.89. The summed E-state index contributed by atoms with van der Waals surface area (Å²) in [4.78, 5) is 18.8. The predicted molar refractivity (Wildman–Crippen MR) is 80.5 cm³/mol. The van der Waals surface area contributed by atoms with E-state index in [4.69, 9.17) is 0 Å². The number of H-pyrrole nitrogens is 1. The van der Waals surface area contributed by atoms with Crippen molar-refractivity contribution in [1.29, 1.82) is 0 Å². The van der Waals surface area contributed by atoms with Gasteiger partial charge in [0.05, 0.1) is 33.2 Å². The van der Waals surface area contributed by atoms with Gasteiger partial charge in [-0.15, -0.1) is 0 Å². The van der Waals surface area contributed by atoms with Gasteiger partial charge in [-0.05, 0) is 17.7 Å². The van der Waals surface area contributed by atoms with E-state index in [1.807, 2.05) is 35.4 Å². The zero-order valence-corrected chi connectivity index (χ0v) is 11.7. The van der Waals surface area contributed by atoms with Crippen LogP contribution in [0.5, 0.6) is 0 Å². The van der Waals surface area contributed by atoms with Crippen LogP contribution < -0.4 is 4.90 Å². The van der Waals surface area contributed by atoms with Crippen molar-refractivity contribution in [2.24, 2.45) is 0 Å². The van der Waals surface area contributed by atoms with Crippen LogP contribution >= 0.6 is 0 Å². The largest absolute Gasteiger partial charge is 0.361 e. The molecule has 3 rings (SSSR count). The van der Waals surface area contributed by atoms with Crippen molar-refractivity contribution in [2.75, 3.05) is 33.2 Å². The Balaban J connectivity index is 1.72. The van der Waals surface area contributed by atoms with Gasteiger partial charge in [0.25, 0.3) is 0 Å². The van der Waals surface area contributed by atoms with Gasteiger partial charge in [0.1, 0.15) is 0 Å². The number of aromatic amines is 1. The Morgan fingerprint density at radius 2 is 2.05 bits per heavy atom. The molecule has 0 aliphatic carbocycles. The van der Waals surface area contributed by atoms with Crippen LogP contribution in [0, 0.1) is 0 Å². The van der Waals surface area contributed by atoms with Crippen molar-refractivity contribution < 1.29 is 9.69 Å². The number of nitrogens with one attached hydrogen (secondary N) is 2. The van der Waals surface area contributed by atoms with E-state index in [9.17, 15) is 4.79 Å². The van der Waals surface area contributed by atoms with E-state index in [2.05, 4.69) is 18.1 Å². The summed E-state index contributed by atoms with van der Waals surface area (Å²) in [5, 5.41) is 1.15. The maximum atomic E-state index is 12.2. The minimum Gasteiger partial charge on any atom is -0.361 e. The molecule has 1 saturated heterocycles. The molecule has 1 amide bonds. The monoisotopic (exact) mass is 270 g/mol. The average molecular weight is 270 g/mol. The van der Waals surface area contributed by atoms with Crippen LogP contribution in [0.1, 0.15) is 5.56 Å². The lowest BCUT2D eigenvalue weighted by atomic mass is 10.1. The van der Waals surface area contributed by atoms with E-state index >= 15 is 0 Å². The quantitative estimate of drug-likeness (QED) is 0.768. The van der Waals surface area contributed by atoms with Crippen molar-refractivity contribution in [1.82, 2.24) is 9.88 Å². The molecule has 104 valence electrons. The SMILES string of the molecule is C[NH+]1CCN(C(=O)/C=C/c2c[nH]c3ccccc23)CC1. The number of aromatic nitrogens is 1. The number of piperazine rings is 1. The summed E-state index contributed by atoms with van der Waals surface area (Å²) in [5.41, 5.74) is 2.16. The fraction of sp³-hybridized carbons (Fsp3) is 0.312. The third-order valence-electron chi connectivity index (χ3n) is 3.96. The lowest BCUT2D eigenvalue weighted by molar-refractivity contribution is -0.883. The molecule has 0 radical (unpaired) electrons. The topological polar surface area (TPSA) is 40.5 Å². The summed E-state index contributed by atoms with van der Waals surface area (Å²) in [6.07, 6.45) is 5.55. The van der Waals surface area contributed by atoms with Crippen molar-refractivity contribution in [3.05, 3.63) is 42.1 Å². The van der Waals surface area contributed by atoms with Crippen molar-refractivity contribution in [2.45, 2.75) is 0 Å². The highest BCUT2D eigenvalue weighted by Crippen LogP contribution is 2.18. The first-order valence-electron chi connectivity index (χ1n) is 7.08. The molecule has 20 heavy (non-hydrogen) atoms. The first-order chi connectivity index (χ1) is 9.74. The first kappa shape index (κ1) is 12.9. The fourth-order valence-electron chi connectivity index (χ4n) is 2.61. The molecule has 4 nitrogen and oxygen atoms in total. The number of para-hydroxylation sites is 1. The van der Waals surface area contributed by atoms with Gasteiger partial charge in [-0.3, -0.25) is 4.79 Å². The second-order valence-corrected chi connectivity index (χ2v) is 5.41. The van der Waals surface area contributed by atoms with E-state index in [-0.39, 0.29) is 5.91 Å². The van der Waals surface area contributed by atoms with E-state index in [0.717, 1.165) is 42.6 Å². The van der Waals surface area contributed by atoms with Crippen LogP contribution in [-0.4, -0.2) is 49.0 Å². The molecule has 0 spiro atoms. The Bertz CT molecular complexity index is 636. The number of fused-ring (bicyclic) bond motifs is 1. The molecule has 1 aliphatic rings. The number of benzene rings is 1. The van der Waals surface area contributed by atoms with Gasteiger partial charge >= 0.3 is 0 Å². The van der Waals surface area contributed by atoms with E-state index in [1.54, 1.807) is 6.08 Å². The zero-order chi connectivity index (χ0) is 13.9. The maximum Gasteiger partial charge on any atom is 0.246 e.